The Hall–Kier alpha value is -0.700. The van der Waals surface area contributed by atoms with Crippen molar-refractivity contribution in [1.29, 1.82) is 0 Å². The van der Waals surface area contributed by atoms with Crippen LogP contribution in [0.15, 0.2) is 29.2 Å². The number of nitrogens with one attached hydrogen (secondary N) is 1. The van der Waals surface area contributed by atoms with Crippen LogP contribution in [-0.4, -0.2) is 6.26 Å². The predicted molar refractivity (Wildman–Crippen MR) is 43.0 cm³/mol. The van der Waals surface area contributed by atoms with Crippen molar-refractivity contribution < 1.29 is 4.48 Å². The zero-order valence-electron chi connectivity index (χ0n) is 5.60. The third-order valence-corrected chi connectivity index (χ3v) is 1.94. The van der Waals surface area contributed by atoms with Gasteiger partial charge in [0, 0.05) is 4.90 Å². The molecule has 1 N–H and O–H groups in total. The highest BCUT2D eigenvalue weighted by atomic mass is 32.2. The van der Waals surface area contributed by atoms with E-state index in [1.54, 1.807) is 29.4 Å². The number of hydrogen-bond donors (Lipinski definition) is 1. The molecule has 0 bridgehead atoms. The molecule has 0 aliphatic heterocycles. The maximum absolute atomic E-state index is 11.7. The molecule has 0 radical (unpaired) electrons. The molecule has 0 saturated heterocycles. The summed E-state index contributed by atoms with van der Waals surface area (Å²) in [5, 5.41) is 0. The van der Waals surface area contributed by atoms with Crippen LogP contribution in [0.4, 0.5) is 10.2 Å². The van der Waals surface area contributed by atoms with E-state index < -0.39 is 0 Å². The molecule has 1 aromatic carbocycles. The zero-order chi connectivity index (χ0) is 7.40. The van der Waals surface area contributed by atoms with Gasteiger partial charge in [-0.25, -0.2) is 5.54 Å². The van der Waals surface area contributed by atoms with Crippen LogP contribution in [0.5, 0.6) is 0 Å². The molecule has 0 aliphatic rings. The molecule has 1 rings (SSSR count). The summed E-state index contributed by atoms with van der Waals surface area (Å²) in [5.74, 6) is 0. The summed E-state index contributed by atoms with van der Waals surface area (Å²) in [6, 6.07) is 7.14. The standard InChI is InChI=1S/C7H8FNS/c1-10-7-4-2-6(9-8)3-5-7/h2-5,9H,1H3. The van der Waals surface area contributed by atoms with Crippen molar-refractivity contribution in [3.63, 3.8) is 0 Å². The number of hydrogen-bond acceptors (Lipinski definition) is 2. The highest BCUT2D eigenvalue weighted by Gasteiger charge is 1.89. The van der Waals surface area contributed by atoms with Crippen molar-refractivity contribution in [2.75, 3.05) is 11.8 Å². The lowest BCUT2D eigenvalue weighted by molar-refractivity contribution is 0.617. The zero-order valence-corrected chi connectivity index (χ0v) is 6.41. The van der Waals surface area contributed by atoms with Crippen molar-refractivity contribution in [1.82, 2.24) is 0 Å². The Labute approximate surface area is 63.6 Å². The second kappa shape index (κ2) is 3.46. The Balaban J connectivity index is 2.80. The summed E-state index contributed by atoms with van der Waals surface area (Å²) in [4.78, 5) is 1.14. The van der Waals surface area contributed by atoms with Gasteiger partial charge in [0.2, 0.25) is 0 Å². The van der Waals surface area contributed by atoms with Crippen LogP contribution in [0, 0.1) is 0 Å². The second-order valence-electron chi connectivity index (χ2n) is 1.82. The van der Waals surface area contributed by atoms with E-state index >= 15 is 0 Å². The average Bonchev–Trinajstić information content (AvgIpc) is 2.05. The molecule has 0 amide bonds. The van der Waals surface area contributed by atoms with Crippen LogP contribution >= 0.6 is 11.8 Å². The lowest BCUT2D eigenvalue weighted by Gasteiger charge is -1.96. The molecule has 10 heavy (non-hydrogen) atoms. The van der Waals surface area contributed by atoms with Crippen LogP contribution in [-0.2, 0) is 0 Å². The first-order chi connectivity index (χ1) is 4.86. The first-order valence-electron chi connectivity index (χ1n) is 2.87. The molecular weight excluding hydrogens is 149 g/mol. The van der Waals surface area contributed by atoms with Gasteiger partial charge in [0.15, 0.2) is 0 Å². The molecule has 0 fully saturated rings. The Morgan fingerprint density at radius 1 is 1.30 bits per heavy atom. The van der Waals surface area contributed by atoms with Gasteiger partial charge in [-0.2, -0.15) is 0 Å². The normalized spacial score (nSPS) is 9.40. The fourth-order valence-corrected chi connectivity index (χ4v) is 1.06. The van der Waals surface area contributed by atoms with Crippen molar-refractivity contribution in [2.45, 2.75) is 4.90 Å². The fraction of sp³-hybridized carbons (Fsp3) is 0.143. The third kappa shape index (κ3) is 1.64. The summed E-state index contributed by atoms with van der Waals surface area (Å²) in [6.45, 7) is 0. The van der Waals surface area contributed by atoms with Crippen LogP contribution in [0.1, 0.15) is 0 Å². The van der Waals surface area contributed by atoms with Crippen LogP contribution < -0.4 is 5.54 Å². The van der Waals surface area contributed by atoms with E-state index in [1.165, 1.54) is 0 Å². The maximum Gasteiger partial charge on any atom is 0.0656 e. The van der Waals surface area contributed by atoms with E-state index in [4.69, 9.17) is 0 Å². The molecule has 0 saturated carbocycles. The van der Waals surface area contributed by atoms with Crippen LogP contribution in [0.3, 0.4) is 0 Å². The number of halogens is 1. The Morgan fingerprint density at radius 3 is 2.30 bits per heavy atom. The third-order valence-electron chi connectivity index (χ3n) is 1.20. The summed E-state index contributed by atoms with van der Waals surface area (Å²) in [6.07, 6.45) is 1.98. The van der Waals surface area contributed by atoms with Gasteiger partial charge in [-0.05, 0) is 30.5 Å². The maximum atomic E-state index is 11.7. The van der Waals surface area contributed by atoms with Gasteiger partial charge in [0.05, 0.1) is 5.69 Å². The molecule has 0 aromatic heterocycles. The van der Waals surface area contributed by atoms with E-state index in [2.05, 4.69) is 0 Å². The van der Waals surface area contributed by atoms with E-state index in [0.717, 1.165) is 4.90 Å². The predicted octanol–water partition coefficient (Wildman–Crippen LogP) is 2.70. The van der Waals surface area contributed by atoms with Crippen molar-refractivity contribution in [2.24, 2.45) is 0 Å². The van der Waals surface area contributed by atoms with E-state index in [-0.39, 0.29) is 0 Å². The Bertz CT molecular complexity index is 174. The van der Waals surface area contributed by atoms with Crippen LogP contribution in [0.25, 0.3) is 0 Å². The molecule has 0 atom stereocenters. The number of thioether (sulfide) groups is 1. The van der Waals surface area contributed by atoms with Gasteiger partial charge >= 0.3 is 0 Å². The number of anilines is 1. The topological polar surface area (TPSA) is 12.0 Å². The van der Waals surface area contributed by atoms with Crippen molar-refractivity contribution in [3.05, 3.63) is 24.3 Å². The molecular formula is C7H8FNS. The molecule has 0 unspecified atom stereocenters. The Morgan fingerprint density at radius 2 is 1.90 bits per heavy atom. The van der Waals surface area contributed by atoms with Crippen molar-refractivity contribution in [3.8, 4) is 0 Å². The minimum atomic E-state index is 0.498. The van der Waals surface area contributed by atoms with Gasteiger partial charge in [-0.15, -0.1) is 16.2 Å². The van der Waals surface area contributed by atoms with Crippen LogP contribution in [0.2, 0.25) is 0 Å². The van der Waals surface area contributed by atoms with E-state index in [0.29, 0.717) is 5.69 Å². The molecule has 0 spiro atoms. The highest BCUT2D eigenvalue weighted by Crippen LogP contribution is 2.16. The first-order valence-corrected chi connectivity index (χ1v) is 4.10. The lowest BCUT2D eigenvalue weighted by atomic mass is 10.3. The van der Waals surface area contributed by atoms with Gasteiger partial charge in [-0.1, -0.05) is 0 Å². The van der Waals surface area contributed by atoms with Gasteiger partial charge in [0.1, 0.15) is 0 Å². The summed E-state index contributed by atoms with van der Waals surface area (Å²) < 4.78 is 11.7. The minimum Gasteiger partial charge on any atom is -0.225 e. The summed E-state index contributed by atoms with van der Waals surface area (Å²) >= 11 is 1.64. The molecule has 1 nitrogen and oxygen atoms in total. The van der Waals surface area contributed by atoms with E-state index in [1.807, 2.05) is 18.4 Å². The Kier molecular flexibility index (Phi) is 2.57. The van der Waals surface area contributed by atoms with Gasteiger partial charge < -0.3 is 0 Å². The lowest BCUT2D eigenvalue weighted by Crippen LogP contribution is -1.79. The largest absolute Gasteiger partial charge is 0.225 e. The second-order valence-corrected chi connectivity index (χ2v) is 2.70. The quantitative estimate of drug-likeness (QED) is 0.523. The summed E-state index contributed by atoms with van der Waals surface area (Å²) in [7, 11) is 0. The van der Waals surface area contributed by atoms with Crippen molar-refractivity contribution >= 4 is 17.4 Å². The fourth-order valence-electron chi connectivity index (χ4n) is 0.654. The van der Waals surface area contributed by atoms with E-state index in [9.17, 15) is 4.48 Å². The monoisotopic (exact) mass is 157 g/mol. The number of benzene rings is 1. The molecule has 0 aliphatic carbocycles. The first kappa shape index (κ1) is 7.41. The molecule has 3 heteroatoms. The molecule has 1 aromatic rings. The SMILES string of the molecule is CSc1ccc(NF)cc1. The minimum absolute atomic E-state index is 0.498. The highest BCUT2D eigenvalue weighted by molar-refractivity contribution is 7.98. The summed E-state index contributed by atoms with van der Waals surface area (Å²) in [5.41, 5.74) is 2.07. The molecule has 0 heterocycles. The average molecular weight is 157 g/mol. The smallest absolute Gasteiger partial charge is 0.0656 e. The van der Waals surface area contributed by atoms with Gasteiger partial charge in [0.25, 0.3) is 0 Å². The van der Waals surface area contributed by atoms with Gasteiger partial charge in [-0.3, -0.25) is 0 Å². The molecule has 54 valence electrons. The number of rotatable bonds is 2.